The second-order valence-corrected chi connectivity index (χ2v) is 2.55. The fraction of sp³-hybridized carbons (Fsp3) is 0.286. The van der Waals surface area contributed by atoms with Gasteiger partial charge in [0.1, 0.15) is 0 Å². The van der Waals surface area contributed by atoms with Gasteiger partial charge in [0, 0.05) is 7.05 Å². The Bertz CT molecular complexity index is 458. The summed E-state index contributed by atoms with van der Waals surface area (Å²) in [5.74, 6) is -1.40. The van der Waals surface area contributed by atoms with E-state index in [1.807, 2.05) is 4.98 Å². The van der Waals surface area contributed by atoms with Crippen LogP contribution in [-0.2, 0) is 11.8 Å². The maximum atomic E-state index is 11.0. The molecular formula is C7H8N2O5. The normalized spacial score (nSPS) is 9.79. The molecule has 0 spiro atoms. The van der Waals surface area contributed by atoms with Crippen molar-refractivity contribution in [2.45, 2.75) is 0 Å². The van der Waals surface area contributed by atoms with Crippen molar-refractivity contribution in [2.75, 3.05) is 6.61 Å². The van der Waals surface area contributed by atoms with E-state index in [0.29, 0.717) is 0 Å². The van der Waals surface area contributed by atoms with Crippen LogP contribution >= 0.6 is 0 Å². The first kappa shape index (κ1) is 10.0. The van der Waals surface area contributed by atoms with Crippen LogP contribution in [0.4, 0.5) is 0 Å². The van der Waals surface area contributed by atoms with Crippen LogP contribution in [0.1, 0.15) is 0 Å². The molecule has 14 heavy (non-hydrogen) atoms. The minimum absolute atomic E-state index is 0.200. The smallest absolute Gasteiger partial charge is 0.341 e. The molecule has 1 aromatic rings. The van der Waals surface area contributed by atoms with E-state index in [0.717, 1.165) is 10.8 Å². The summed E-state index contributed by atoms with van der Waals surface area (Å²) in [7, 11) is 1.41. The van der Waals surface area contributed by atoms with Crippen LogP contribution in [-0.4, -0.2) is 27.2 Å². The van der Waals surface area contributed by atoms with Gasteiger partial charge in [-0.1, -0.05) is 0 Å². The van der Waals surface area contributed by atoms with Gasteiger partial charge in [0.15, 0.2) is 6.61 Å². The Morgan fingerprint density at radius 1 is 1.64 bits per heavy atom. The zero-order chi connectivity index (χ0) is 10.7. The zero-order valence-corrected chi connectivity index (χ0v) is 7.31. The molecule has 0 fully saturated rings. The second-order valence-electron chi connectivity index (χ2n) is 2.55. The number of carbonyl (C=O) groups is 1. The summed E-state index contributed by atoms with van der Waals surface area (Å²) in [6.07, 6.45) is 1.13. The van der Waals surface area contributed by atoms with E-state index < -0.39 is 23.8 Å². The van der Waals surface area contributed by atoms with E-state index in [4.69, 9.17) is 5.11 Å². The minimum Gasteiger partial charge on any atom is -0.479 e. The SMILES string of the molecule is Cn1cc(OCC(=O)O)c(=O)[nH]c1=O. The third-order valence-corrected chi connectivity index (χ3v) is 1.43. The summed E-state index contributed by atoms with van der Waals surface area (Å²) in [6, 6.07) is 0. The number of carboxylic acids is 1. The fourth-order valence-corrected chi connectivity index (χ4v) is 0.782. The topological polar surface area (TPSA) is 101 Å². The first-order valence-corrected chi connectivity index (χ1v) is 3.65. The molecule has 0 saturated heterocycles. The number of nitrogens with zero attached hydrogens (tertiary/aromatic N) is 1. The van der Waals surface area contributed by atoms with Crippen molar-refractivity contribution in [1.29, 1.82) is 0 Å². The standard InChI is InChI=1S/C7H8N2O5/c1-9-2-4(14-3-5(10)11)6(12)8-7(9)13/h2H,3H2,1H3,(H,10,11)(H,8,12,13). The van der Waals surface area contributed by atoms with Crippen molar-refractivity contribution in [2.24, 2.45) is 7.05 Å². The van der Waals surface area contributed by atoms with Gasteiger partial charge in [0.2, 0.25) is 5.75 Å². The van der Waals surface area contributed by atoms with Crippen LogP contribution in [0.2, 0.25) is 0 Å². The number of H-pyrrole nitrogens is 1. The van der Waals surface area contributed by atoms with Gasteiger partial charge in [-0.3, -0.25) is 14.3 Å². The Morgan fingerprint density at radius 2 is 2.29 bits per heavy atom. The van der Waals surface area contributed by atoms with Crippen molar-refractivity contribution >= 4 is 5.97 Å². The monoisotopic (exact) mass is 200 g/mol. The van der Waals surface area contributed by atoms with Crippen molar-refractivity contribution in [3.8, 4) is 5.75 Å². The van der Waals surface area contributed by atoms with E-state index in [1.54, 1.807) is 0 Å². The van der Waals surface area contributed by atoms with E-state index in [2.05, 4.69) is 4.74 Å². The lowest BCUT2D eigenvalue weighted by Gasteiger charge is -2.02. The van der Waals surface area contributed by atoms with Gasteiger partial charge in [0.25, 0.3) is 5.56 Å². The van der Waals surface area contributed by atoms with Gasteiger partial charge in [-0.2, -0.15) is 0 Å². The molecule has 0 aliphatic rings. The Balaban J connectivity index is 2.99. The highest BCUT2D eigenvalue weighted by atomic mass is 16.5. The molecule has 76 valence electrons. The van der Waals surface area contributed by atoms with Crippen molar-refractivity contribution in [1.82, 2.24) is 9.55 Å². The molecule has 0 aromatic carbocycles. The molecule has 7 nitrogen and oxygen atoms in total. The van der Waals surface area contributed by atoms with Gasteiger partial charge in [-0.05, 0) is 0 Å². The van der Waals surface area contributed by atoms with Gasteiger partial charge in [-0.25, -0.2) is 9.59 Å². The van der Waals surface area contributed by atoms with Crippen LogP contribution < -0.4 is 16.0 Å². The maximum Gasteiger partial charge on any atom is 0.341 e. The summed E-state index contributed by atoms with van der Waals surface area (Å²) in [4.78, 5) is 34.0. The van der Waals surface area contributed by atoms with Crippen LogP contribution in [0.25, 0.3) is 0 Å². The van der Waals surface area contributed by atoms with Crippen molar-refractivity contribution < 1.29 is 14.6 Å². The second kappa shape index (κ2) is 3.77. The predicted molar refractivity (Wildman–Crippen MR) is 45.4 cm³/mol. The van der Waals surface area contributed by atoms with E-state index in [-0.39, 0.29) is 5.75 Å². The lowest BCUT2D eigenvalue weighted by Crippen LogP contribution is -2.29. The van der Waals surface area contributed by atoms with E-state index in [1.165, 1.54) is 7.05 Å². The largest absolute Gasteiger partial charge is 0.479 e. The molecule has 1 aromatic heterocycles. The average Bonchev–Trinajstić information content (AvgIpc) is 2.09. The quantitative estimate of drug-likeness (QED) is 0.620. The number of aromatic amines is 1. The van der Waals surface area contributed by atoms with E-state index in [9.17, 15) is 14.4 Å². The maximum absolute atomic E-state index is 11.0. The highest BCUT2D eigenvalue weighted by molar-refractivity contribution is 5.68. The molecular weight excluding hydrogens is 192 g/mol. The molecule has 0 bridgehead atoms. The van der Waals surface area contributed by atoms with Gasteiger partial charge in [0.05, 0.1) is 6.20 Å². The third-order valence-electron chi connectivity index (χ3n) is 1.43. The lowest BCUT2D eigenvalue weighted by molar-refractivity contribution is -0.139. The Hall–Kier alpha value is -2.05. The van der Waals surface area contributed by atoms with E-state index >= 15 is 0 Å². The van der Waals surface area contributed by atoms with Gasteiger partial charge in [-0.15, -0.1) is 0 Å². The van der Waals surface area contributed by atoms with Crippen LogP contribution in [0.15, 0.2) is 15.8 Å². The fourth-order valence-electron chi connectivity index (χ4n) is 0.782. The molecule has 1 rings (SSSR count). The molecule has 0 aliphatic heterocycles. The number of aromatic nitrogens is 2. The van der Waals surface area contributed by atoms with Crippen LogP contribution in [0, 0.1) is 0 Å². The first-order chi connectivity index (χ1) is 6.50. The number of ether oxygens (including phenoxy) is 1. The Morgan fingerprint density at radius 3 is 2.86 bits per heavy atom. The van der Waals surface area contributed by atoms with Crippen LogP contribution in [0.3, 0.4) is 0 Å². The molecule has 0 amide bonds. The lowest BCUT2D eigenvalue weighted by atomic mass is 10.5. The molecule has 1 heterocycles. The predicted octanol–water partition coefficient (Wildman–Crippen LogP) is -1.46. The molecule has 0 unspecified atom stereocenters. The first-order valence-electron chi connectivity index (χ1n) is 3.65. The molecule has 7 heteroatoms. The number of aryl methyl sites for hydroxylation is 1. The zero-order valence-electron chi connectivity index (χ0n) is 7.31. The number of rotatable bonds is 3. The summed E-state index contributed by atoms with van der Waals surface area (Å²) < 4.78 is 5.71. The van der Waals surface area contributed by atoms with Crippen LogP contribution in [0.5, 0.6) is 5.75 Å². The Kier molecular flexibility index (Phi) is 2.70. The van der Waals surface area contributed by atoms with Crippen molar-refractivity contribution in [3.63, 3.8) is 0 Å². The Labute approximate surface area is 77.6 Å². The number of nitrogens with one attached hydrogen (secondary N) is 1. The highest BCUT2D eigenvalue weighted by Crippen LogP contribution is 1.96. The summed E-state index contributed by atoms with van der Waals surface area (Å²) in [5.41, 5.74) is -1.33. The average molecular weight is 200 g/mol. The molecule has 2 N–H and O–H groups in total. The highest BCUT2D eigenvalue weighted by Gasteiger charge is 2.05. The summed E-state index contributed by atoms with van der Waals surface area (Å²) >= 11 is 0. The summed E-state index contributed by atoms with van der Waals surface area (Å²) in [6.45, 7) is -0.624. The number of hydrogen-bond donors (Lipinski definition) is 2. The minimum atomic E-state index is -1.20. The van der Waals surface area contributed by atoms with Crippen molar-refractivity contribution in [3.05, 3.63) is 27.0 Å². The molecule has 0 radical (unpaired) electrons. The molecule has 0 saturated carbocycles. The van der Waals surface area contributed by atoms with Gasteiger partial charge < -0.3 is 9.84 Å². The number of carboxylic acid groups (broad SMARTS) is 1. The molecule has 0 aliphatic carbocycles. The summed E-state index contributed by atoms with van der Waals surface area (Å²) in [5, 5.41) is 8.28. The third kappa shape index (κ3) is 2.22. The molecule has 0 atom stereocenters. The number of aliphatic carboxylic acids is 1. The van der Waals surface area contributed by atoms with Gasteiger partial charge >= 0.3 is 11.7 Å². The number of hydrogen-bond acceptors (Lipinski definition) is 4.